The van der Waals surface area contributed by atoms with Crippen LogP contribution >= 0.6 is 0 Å². The van der Waals surface area contributed by atoms with E-state index in [1.807, 2.05) is 36.1 Å². The van der Waals surface area contributed by atoms with E-state index in [9.17, 15) is 4.79 Å². The van der Waals surface area contributed by atoms with Crippen molar-refractivity contribution in [1.29, 1.82) is 0 Å². The number of para-hydroxylation sites is 2. The minimum Gasteiger partial charge on any atom is -0.487 e. The molecule has 0 spiro atoms. The molecule has 0 bridgehead atoms. The van der Waals surface area contributed by atoms with Gasteiger partial charge in [-0.05, 0) is 31.9 Å². The number of anilines is 1. The molecule has 1 unspecified atom stereocenters. The van der Waals surface area contributed by atoms with Crippen LogP contribution in [-0.4, -0.2) is 18.6 Å². The molecule has 1 aliphatic heterocycles. The van der Waals surface area contributed by atoms with E-state index in [2.05, 4.69) is 0 Å². The van der Waals surface area contributed by atoms with Crippen LogP contribution in [0.25, 0.3) is 0 Å². The van der Waals surface area contributed by atoms with Crippen LogP contribution in [0.1, 0.15) is 19.8 Å². The fourth-order valence-electron chi connectivity index (χ4n) is 2.15. The molecule has 1 heterocycles. The average molecular weight is 217 g/mol. The molecule has 1 fully saturated rings. The van der Waals surface area contributed by atoms with Crippen LogP contribution in [0.15, 0.2) is 24.3 Å². The molecular formula is C13H15NO2. The Kier molecular flexibility index (Phi) is 2.13. The van der Waals surface area contributed by atoms with E-state index in [4.69, 9.17) is 4.74 Å². The monoisotopic (exact) mass is 217 g/mol. The lowest BCUT2D eigenvalue weighted by molar-refractivity contribution is -0.120. The first kappa shape index (κ1) is 9.70. The van der Waals surface area contributed by atoms with Gasteiger partial charge in [-0.3, -0.25) is 4.79 Å². The maximum atomic E-state index is 12.1. The molecule has 1 atom stereocenters. The van der Waals surface area contributed by atoms with Gasteiger partial charge in [0, 0.05) is 5.92 Å². The standard InChI is InChI=1S/C13H15NO2/c1-9-8-14(13(15)10-6-7-10)11-4-2-3-5-12(11)16-9/h2-5,9-10H,6-8H2,1H3. The van der Waals surface area contributed by atoms with Gasteiger partial charge < -0.3 is 9.64 Å². The van der Waals surface area contributed by atoms with Gasteiger partial charge >= 0.3 is 0 Å². The molecule has 2 aliphatic rings. The number of carbonyl (C=O) groups is 1. The van der Waals surface area contributed by atoms with Crippen LogP contribution < -0.4 is 9.64 Å². The summed E-state index contributed by atoms with van der Waals surface area (Å²) in [6, 6.07) is 7.78. The molecule has 0 saturated heterocycles. The zero-order chi connectivity index (χ0) is 11.1. The summed E-state index contributed by atoms with van der Waals surface area (Å²) in [5, 5.41) is 0. The molecule has 0 radical (unpaired) electrons. The van der Waals surface area contributed by atoms with Crippen molar-refractivity contribution in [1.82, 2.24) is 0 Å². The van der Waals surface area contributed by atoms with Crippen LogP contribution in [0.3, 0.4) is 0 Å². The Balaban J connectivity index is 1.96. The van der Waals surface area contributed by atoms with Crippen molar-refractivity contribution >= 4 is 11.6 Å². The number of rotatable bonds is 1. The quantitative estimate of drug-likeness (QED) is 0.721. The molecule has 3 heteroatoms. The fraction of sp³-hybridized carbons (Fsp3) is 0.462. The Morgan fingerprint density at radius 1 is 1.38 bits per heavy atom. The van der Waals surface area contributed by atoms with Gasteiger partial charge in [0.15, 0.2) is 0 Å². The predicted octanol–water partition coefficient (Wildman–Crippen LogP) is 2.21. The van der Waals surface area contributed by atoms with Crippen molar-refractivity contribution in [3.05, 3.63) is 24.3 Å². The third kappa shape index (κ3) is 1.56. The van der Waals surface area contributed by atoms with Gasteiger partial charge in [-0.2, -0.15) is 0 Å². The summed E-state index contributed by atoms with van der Waals surface area (Å²) in [6.45, 7) is 2.68. The lowest BCUT2D eigenvalue weighted by Crippen LogP contribution is -2.43. The van der Waals surface area contributed by atoms with Crippen molar-refractivity contribution in [2.45, 2.75) is 25.9 Å². The van der Waals surface area contributed by atoms with E-state index in [1.54, 1.807) is 0 Å². The number of benzene rings is 1. The molecule has 3 rings (SSSR count). The smallest absolute Gasteiger partial charge is 0.230 e. The maximum Gasteiger partial charge on any atom is 0.230 e. The van der Waals surface area contributed by atoms with Crippen LogP contribution in [-0.2, 0) is 4.79 Å². The fourth-order valence-corrected chi connectivity index (χ4v) is 2.15. The van der Waals surface area contributed by atoms with Crippen LogP contribution in [0.5, 0.6) is 5.75 Å². The summed E-state index contributed by atoms with van der Waals surface area (Å²) in [7, 11) is 0. The molecular weight excluding hydrogens is 202 g/mol. The van der Waals surface area contributed by atoms with Gasteiger partial charge in [-0.1, -0.05) is 12.1 Å². The van der Waals surface area contributed by atoms with Crippen molar-refractivity contribution in [2.75, 3.05) is 11.4 Å². The lowest BCUT2D eigenvalue weighted by Gasteiger charge is -2.33. The summed E-state index contributed by atoms with van der Waals surface area (Å²) in [5.41, 5.74) is 0.928. The number of nitrogens with zero attached hydrogens (tertiary/aromatic N) is 1. The number of fused-ring (bicyclic) bond motifs is 1. The molecule has 84 valence electrons. The third-order valence-corrected chi connectivity index (χ3v) is 3.12. The number of hydrogen-bond acceptors (Lipinski definition) is 2. The van der Waals surface area contributed by atoms with Crippen molar-refractivity contribution in [3.63, 3.8) is 0 Å². The second kappa shape index (κ2) is 3.51. The van der Waals surface area contributed by atoms with Gasteiger partial charge in [-0.15, -0.1) is 0 Å². The van der Waals surface area contributed by atoms with Crippen LogP contribution in [0.4, 0.5) is 5.69 Å². The second-order valence-corrected chi connectivity index (χ2v) is 4.62. The van der Waals surface area contributed by atoms with E-state index in [-0.39, 0.29) is 17.9 Å². The normalized spacial score (nSPS) is 23.6. The second-order valence-electron chi connectivity index (χ2n) is 4.62. The van der Waals surface area contributed by atoms with E-state index in [1.165, 1.54) is 0 Å². The highest BCUT2D eigenvalue weighted by molar-refractivity contribution is 5.98. The average Bonchev–Trinajstić information content (AvgIpc) is 3.10. The van der Waals surface area contributed by atoms with E-state index in [0.717, 1.165) is 24.3 Å². The molecule has 3 nitrogen and oxygen atoms in total. The molecule has 1 aromatic rings. The van der Waals surface area contributed by atoms with Crippen molar-refractivity contribution in [2.24, 2.45) is 5.92 Å². The summed E-state index contributed by atoms with van der Waals surface area (Å²) >= 11 is 0. The first-order valence-electron chi connectivity index (χ1n) is 5.83. The van der Waals surface area contributed by atoms with Gasteiger partial charge in [0.05, 0.1) is 12.2 Å². The number of carbonyl (C=O) groups excluding carboxylic acids is 1. The van der Waals surface area contributed by atoms with Crippen molar-refractivity contribution < 1.29 is 9.53 Å². The first-order valence-corrected chi connectivity index (χ1v) is 5.83. The first-order chi connectivity index (χ1) is 7.75. The minimum atomic E-state index is 0.0811. The van der Waals surface area contributed by atoms with E-state index >= 15 is 0 Å². The summed E-state index contributed by atoms with van der Waals surface area (Å²) in [5.74, 6) is 1.36. The Morgan fingerprint density at radius 2 is 2.12 bits per heavy atom. The Bertz CT molecular complexity index is 426. The van der Waals surface area contributed by atoms with Crippen molar-refractivity contribution in [3.8, 4) is 5.75 Å². The molecule has 1 amide bonds. The lowest BCUT2D eigenvalue weighted by atomic mass is 10.2. The Labute approximate surface area is 95.0 Å². The Hall–Kier alpha value is -1.51. The SMILES string of the molecule is CC1CN(C(=O)C2CC2)c2ccccc2O1. The van der Waals surface area contributed by atoms with Crippen LogP contribution in [0.2, 0.25) is 0 Å². The predicted molar refractivity (Wildman–Crippen MR) is 61.6 cm³/mol. The van der Waals surface area contributed by atoms with Gasteiger partial charge in [-0.25, -0.2) is 0 Å². The molecule has 0 N–H and O–H groups in total. The topological polar surface area (TPSA) is 29.5 Å². The van der Waals surface area contributed by atoms with Crippen LogP contribution in [0, 0.1) is 5.92 Å². The maximum absolute atomic E-state index is 12.1. The van der Waals surface area contributed by atoms with Gasteiger partial charge in [0.2, 0.25) is 5.91 Å². The molecule has 1 saturated carbocycles. The highest BCUT2D eigenvalue weighted by atomic mass is 16.5. The summed E-state index contributed by atoms with van der Waals surface area (Å²) in [6.07, 6.45) is 2.18. The van der Waals surface area contributed by atoms with E-state index in [0.29, 0.717) is 6.54 Å². The highest BCUT2D eigenvalue weighted by Crippen LogP contribution is 2.38. The molecule has 16 heavy (non-hydrogen) atoms. The zero-order valence-corrected chi connectivity index (χ0v) is 9.35. The zero-order valence-electron chi connectivity index (χ0n) is 9.35. The highest BCUT2D eigenvalue weighted by Gasteiger charge is 2.37. The molecule has 1 aromatic carbocycles. The van der Waals surface area contributed by atoms with E-state index < -0.39 is 0 Å². The number of amides is 1. The number of ether oxygens (including phenoxy) is 1. The minimum absolute atomic E-state index is 0.0811. The summed E-state index contributed by atoms with van der Waals surface area (Å²) in [4.78, 5) is 14.0. The summed E-state index contributed by atoms with van der Waals surface area (Å²) < 4.78 is 5.72. The largest absolute Gasteiger partial charge is 0.487 e. The molecule has 0 aromatic heterocycles. The Morgan fingerprint density at radius 3 is 2.88 bits per heavy atom. The third-order valence-electron chi connectivity index (χ3n) is 3.12. The molecule has 1 aliphatic carbocycles. The number of hydrogen-bond donors (Lipinski definition) is 0. The van der Waals surface area contributed by atoms with Gasteiger partial charge in [0.25, 0.3) is 0 Å². The van der Waals surface area contributed by atoms with Gasteiger partial charge in [0.1, 0.15) is 11.9 Å².